The summed E-state index contributed by atoms with van der Waals surface area (Å²) in [5.41, 5.74) is 1.33. The van der Waals surface area contributed by atoms with Crippen LogP contribution in [0.2, 0.25) is 0 Å². The molecular formula is C12H21N3. The second-order valence-electron chi connectivity index (χ2n) is 4.55. The summed E-state index contributed by atoms with van der Waals surface area (Å²) >= 11 is 0. The van der Waals surface area contributed by atoms with E-state index in [0.717, 1.165) is 19.0 Å². The topological polar surface area (TPSA) is 29.9 Å². The first-order chi connectivity index (χ1) is 7.33. The molecule has 2 atom stereocenters. The number of hydrogen-bond donors (Lipinski definition) is 1. The highest BCUT2D eigenvalue weighted by molar-refractivity contribution is 5.01. The molecule has 0 radical (unpaired) electrons. The van der Waals surface area contributed by atoms with Gasteiger partial charge in [-0.1, -0.05) is 20.3 Å². The van der Waals surface area contributed by atoms with Gasteiger partial charge in [-0.25, -0.2) is 4.98 Å². The molecule has 2 rings (SSSR count). The predicted octanol–water partition coefficient (Wildman–Crippen LogP) is 2.35. The molecule has 3 nitrogen and oxygen atoms in total. The molecule has 15 heavy (non-hydrogen) atoms. The minimum absolute atomic E-state index is 0.682. The molecule has 84 valence electrons. The molecule has 1 aliphatic rings. The smallest absolute Gasteiger partial charge is 0.0951 e. The Balaban J connectivity index is 2.09. The molecule has 1 aromatic rings. The summed E-state index contributed by atoms with van der Waals surface area (Å²) in [6, 6.07) is 0.682. The molecule has 3 heteroatoms. The van der Waals surface area contributed by atoms with E-state index >= 15 is 0 Å². The maximum absolute atomic E-state index is 4.28. The van der Waals surface area contributed by atoms with Crippen LogP contribution in [-0.2, 0) is 6.54 Å². The minimum atomic E-state index is 0.682. The van der Waals surface area contributed by atoms with Crippen molar-refractivity contribution >= 4 is 0 Å². The number of hydrogen-bond acceptors (Lipinski definition) is 2. The normalized spacial score (nSPS) is 26.0. The molecule has 1 heterocycles. The van der Waals surface area contributed by atoms with Crippen LogP contribution in [0.5, 0.6) is 0 Å². The summed E-state index contributed by atoms with van der Waals surface area (Å²) < 4.78 is 2.38. The molecule has 0 aromatic carbocycles. The third kappa shape index (κ3) is 2.23. The van der Waals surface area contributed by atoms with Crippen LogP contribution in [0.3, 0.4) is 0 Å². The highest BCUT2D eigenvalue weighted by atomic mass is 15.1. The molecule has 1 saturated carbocycles. The van der Waals surface area contributed by atoms with Gasteiger partial charge >= 0.3 is 0 Å². The second kappa shape index (κ2) is 4.79. The average Bonchev–Trinajstić information content (AvgIpc) is 2.82. The fourth-order valence-corrected chi connectivity index (χ4v) is 2.56. The fraction of sp³-hybridized carbons (Fsp3) is 0.750. The zero-order chi connectivity index (χ0) is 10.7. The van der Waals surface area contributed by atoms with Gasteiger partial charge in [0, 0.05) is 18.8 Å². The van der Waals surface area contributed by atoms with E-state index in [0.29, 0.717) is 6.04 Å². The minimum Gasteiger partial charge on any atom is -0.330 e. The van der Waals surface area contributed by atoms with Gasteiger partial charge in [0.15, 0.2) is 0 Å². The zero-order valence-electron chi connectivity index (χ0n) is 9.74. The Kier molecular flexibility index (Phi) is 3.41. The first-order valence-electron chi connectivity index (χ1n) is 6.04. The molecular weight excluding hydrogens is 186 g/mol. The van der Waals surface area contributed by atoms with Crippen LogP contribution in [0, 0.1) is 5.92 Å². The predicted molar refractivity (Wildman–Crippen MR) is 61.7 cm³/mol. The van der Waals surface area contributed by atoms with Crippen molar-refractivity contribution in [1.29, 1.82) is 0 Å². The van der Waals surface area contributed by atoms with Gasteiger partial charge in [0.1, 0.15) is 0 Å². The highest BCUT2D eigenvalue weighted by Crippen LogP contribution is 2.35. The van der Waals surface area contributed by atoms with Crippen LogP contribution in [0.15, 0.2) is 12.5 Å². The molecule has 0 bridgehead atoms. The SMILES string of the molecule is CCNCc1cncn1C1CCCC1C. The van der Waals surface area contributed by atoms with E-state index in [-0.39, 0.29) is 0 Å². The van der Waals surface area contributed by atoms with E-state index in [1.165, 1.54) is 25.0 Å². The van der Waals surface area contributed by atoms with E-state index < -0.39 is 0 Å². The Hall–Kier alpha value is -0.830. The summed E-state index contributed by atoms with van der Waals surface area (Å²) in [6.45, 7) is 6.46. The van der Waals surface area contributed by atoms with Crippen molar-refractivity contribution in [2.75, 3.05) is 6.54 Å². The Morgan fingerprint density at radius 3 is 3.07 bits per heavy atom. The van der Waals surface area contributed by atoms with Crippen LogP contribution >= 0.6 is 0 Å². The Morgan fingerprint density at radius 2 is 2.40 bits per heavy atom. The third-order valence-electron chi connectivity index (χ3n) is 3.48. The van der Waals surface area contributed by atoms with Crippen molar-refractivity contribution in [3.8, 4) is 0 Å². The van der Waals surface area contributed by atoms with Crippen molar-refractivity contribution in [1.82, 2.24) is 14.9 Å². The van der Waals surface area contributed by atoms with Gasteiger partial charge in [-0.05, 0) is 25.3 Å². The van der Waals surface area contributed by atoms with Gasteiger partial charge in [-0.2, -0.15) is 0 Å². The molecule has 1 aliphatic carbocycles. The van der Waals surface area contributed by atoms with E-state index in [4.69, 9.17) is 0 Å². The Morgan fingerprint density at radius 1 is 1.53 bits per heavy atom. The third-order valence-corrected chi connectivity index (χ3v) is 3.48. The molecule has 1 fully saturated rings. The molecule has 2 unspecified atom stereocenters. The van der Waals surface area contributed by atoms with Crippen LogP contribution in [0.1, 0.15) is 44.8 Å². The van der Waals surface area contributed by atoms with Crippen LogP contribution in [-0.4, -0.2) is 16.1 Å². The van der Waals surface area contributed by atoms with Gasteiger partial charge in [-0.15, -0.1) is 0 Å². The van der Waals surface area contributed by atoms with Crippen LogP contribution in [0.4, 0.5) is 0 Å². The number of nitrogens with zero attached hydrogens (tertiary/aromatic N) is 2. The first kappa shape index (κ1) is 10.7. The second-order valence-corrected chi connectivity index (χ2v) is 4.55. The van der Waals surface area contributed by atoms with Crippen LogP contribution in [0.25, 0.3) is 0 Å². The van der Waals surface area contributed by atoms with Crippen molar-refractivity contribution in [3.05, 3.63) is 18.2 Å². The zero-order valence-corrected chi connectivity index (χ0v) is 9.74. The molecule has 1 N–H and O–H groups in total. The molecule has 0 spiro atoms. The summed E-state index contributed by atoms with van der Waals surface area (Å²) in [7, 11) is 0. The standard InChI is InChI=1S/C12H21N3/c1-3-13-7-11-8-14-9-15(11)12-6-4-5-10(12)2/h8-10,12-13H,3-7H2,1-2H3. The summed E-state index contributed by atoms with van der Waals surface area (Å²) in [5, 5.41) is 3.37. The lowest BCUT2D eigenvalue weighted by Gasteiger charge is -2.20. The van der Waals surface area contributed by atoms with Crippen molar-refractivity contribution in [3.63, 3.8) is 0 Å². The van der Waals surface area contributed by atoms with Crippen LogP contribution < -0.4 is 5.32 Å². The quantitative estimate of drug-likeness (QED) is 0.821. The number of imidazole rings is 1. The summed E-state index contributed by atoms with van der Waals surface area (Å²) in [5.74, 6) is 0.805. The van der Waals surface area contributed by atoms with Crippen molar-refractivity contribution in [2.24, 2.45) is 5.92 Å². The lowest BCUT2D eigenvalue weighted by atomic mass is 10.1. The van der Waals surface area contributed by atoms with Crippen molar-refractivity contribution in [2.45, 2.75) is 45.7 Å². The summed E-state index contributed by atoms with van der Waals surface area (Å²) in [6.07, 6.45) is 8.04. The molecule has 1 aromatic heterocycles. The summed E-state index contributed by atoms with van der Waals surface area (Å²) in [4.78, 5) is 4.28. The monoisotopic (exact) mass is 207 g/mol. The highest BCUT2D eigenvalue weighted by Gasteiger charge is 2.25. The van der Waals surface area contributed by atoms with Gasteiger partial charge in [-0.3, -0.25) is 0 Å². The number of aromatic nitrogens is 2. The molecule has 0 saturated heterocycles. The van der Waals surface area contributed by atoms with E-state index in [1.54, 1.807) is 0 Å². The Bertz CT molecular complexity index is 306. The van der Waals surface area contributed by atoms with Crippen molar-refractivity contribution < 1.29 is 0 Å². The maximum Gasteiger partial charge on any atom is 0.0951 e. The number of nitrogens with one attached hydrogen (secondary N) is 1. The van der Waals surface area contributed by atoms with Gasteiger partial charge in [0.05, 0.1) is 12.0 Å². The van der Waals surface area contributed by atoms with Gasteiger partial charge in [0.25, 0.3) is 0 Å². The first-order valence-corrected chi connectivity index (χ1v) is 6.04. The van der Waals surface area contributed by atoms with Gasteiger partial charge in [0.2, 0.25) is 0 Å². The Labute approximate surface area is 91.9 Å². The fourth-order valence-electron chi connectivity index (χ4n) is 2.56. The molecule has 0 amide bonds. The molecule has 0 aliphatic heterocycles. The maximum atomic E-state index is 4.28. The lowest BCUT2D eigenvalue weighted by Crippen LogP contribution is -2.19. The average molecular weight is 207 g/mol. The van der Waals surface area contributed by atoms with E-state index in [1.807, 2.05) is 12.5 Å². The van der Waals surface area contributed by atoms with E-state index in [2.05, 4.69) is 28.7 Å². The van der Waals surface area contributed by atoms with E-state index in [9.17, 15) is 0 Å². The largest absolute Gasteiger partial charge is 0.330 e. The lowest BCUT2D eigenvalue weighted by molar-refractivity contribution is 0.394. The van der Waals surface area contributed by atoms with Gasteiger partial charge < -0.3 is 9.88 Å². The number of rotatable bonds is 4.